The number of amides is 2. The quantitative estimate of drug-likeness (QED) is 0.247. The van der Waals surface area contributed by atoms with E-state index in [1.54, 1.807) is 0 Å². The third-order valence-electron chi connectivity index (χ3n) is 2.69. The van der Waals surface area contributed by atoms with Gasteiger partial charge < -0.3 is 10.0 Å². The number of rotatable bonds is 3. The van der Waals surface area contributed by atoms with E-state index in [1.807, 2.05) is 0 Å². The molecule has 1 saturated heterocycles. The number of carbonyl (C=O) groups excluding carboxylic acids is 2. The van der Waals surface area contributed by atoms with Gasteiger partial charge in [0, 0.05) is 6.54 Å². The number of carboxylic acid groups (broad SMARTS) is 1. The third kappa shape index (κ3) is 3.67. The molecule has 1 aliphatic rings. The van der Waals surface area contributed by atoms with Crippen molar-refractivity contribution in [3.05, 3.63) is 0 Å². The summed E-state index contributed by atoms with van der Waals surface area (Å²) in [6.45, 7) is 1.66. The van der Waals surface area contributed by atoms with E-state index in [9.17, 15) is 14.4 Å². The first kappa shape index (κ1) is 16.4. The molecule has 1 heterocycles. The molecule has 0 aliphatic carbocycles. The fourth-order valence-electron chi connectivity index (χ4n) is 1.74. The summed E-state index contributed by atoms with van der Waals surface area (Å²) in [4.78, 5) is 34.8. The minimum absolute atomic E-state index is 0. The van der Waals surface area contributed by atoms with Crippen LogP contribution in [-0.4, -0.2) is 75.1 Å². The average Bonchev–Trinajstić information content (AvgIpc) is 2.74. The summed E-state index contributed by atoms with van der Waals surface area (Å²) in [5.74, 6) is -3.55. The number of nitrogens with one attached hydrogen (secondary N) is 1. The Labute approximate surface area is 120 Å². The van der Waals surface area contributed by atoms with Crippen LogP contribution in [0.5, 0.6) is 0 Å². The van der Waals surface area contributed by atoms with Gasteiger partial charge in [0.15, 0.2) is 0 Å². The van der Waals surface area contributed by atoms with E-state index >= 15 is 0 Å². The molecule has 2 atom stereocenters. The van der Waals surface area contributed by atoms with Crippen molar-refractivity contribution in [2.24, 2.45) is 5.92 Å². The Bertz CT molecular complexity index is 323. The molecular weight excluding hydrogens is 239 g/mol. The zero-order valence-electron chi connectivity index (χ0n) is 8.84. The fourth-order valence-corrected chi connectivity index (χ4v) is 1.74. The van der Waals surface area contributed by atoms with Crippen molar-refractivity contribution in [2.75, 3.05) is 6.54 Å². The zero-order valence-corrected chi connectivity index (χ0v) is 8.84. The summed E-state index contributed by atoms with van der Waals surface area (Å²) >= 11 is 0. The van der Waals surface area contributed by atoms with Crippen LogP contribution >= 0.6 is 0 Å². The number of nitrogens with zero attached hydrogens (tertiary/aromatic N) is 1. The van der Waals surface area contributed by atoms with Gasteiger partial charge in [0.05, 0.1) is 0 Å². The summed E-state index contributed by atoms with van der Waals surface area (Å²) in [5, 5.41) is 17.3. The molecule has 1 fully saturated rings. The predicted octanol–water partition coefficient (Wildman–Crippen LogP) is -1.44. The number of likely N-dealkylation sites (tertiary alicyclic amines) is 1. The van der Waals surface area contributed by atoms with E-state index in [0.29, 0.717) is 19.4 Å². The maximum atomic E-state index is 11.8. The summed E-state index contributed by atoms with van der Waals surface area (Å²) < 4.78 is 0. The van der Waals surface area contributed by atoms with Gasteiger partial charge in [-0.3, -0.25) is 14.8 Å². The van der Waals surface area contributed by atoms with Crippen molar-refractivity contribution in [1.29, 1.82) is 0 Å². The van der Waals surface area contributed by atoms with Crippen LogP contribution in [0.1, 0.15) is 19.8 Å². The van der Waals surface area contributed by atoms with Crippen LogP contribution in [0.15, 0.2) is 0 Å². The van der Waals surface area contributed by atoms with E-state index in [2.05, 4.69) is 0 Å². The molecule has 0 aromatic carbocycles. The molecule has 3 N–H and O–H groups in total. The monoisotopic (exact) mass is 254 g/mol. The molecule has 17 heavy (non-hydrogen) atoms. The van der Waals surface area contributed by atoms with Gasteiger partial charge in [-0.25, -0.2) is 10.3 Å². The molecular formula is C9H15N2NaO5. The Morgan fingerprint density at radius 2 is 2.00 bits per heavy atom. The van der Waals surface area contributed by atoms with Gasteiger partial charge in [-0.1, -0.05) is 0 Å². The Kier molecular flexibility index (Phi) is 6.69. The van der Waals surface area contributed by atoms with Crippen molar-refractivity contribution in [3.8, 4) is 0 Å². The molecule has 2 amide bonds. The van der Waals surface area contributed by atoms with Crippen LogP contribution in [0, 0.1) is 5.92 Å². The molecule has 0 aromatic rings. The molecule has 0 spiro atoms. The topological polar surface area (TPSA) is 107 Å². The fraction of sp³-hybridized carbons (Fsp3) is 0.667. The minimum atomic E-state index is -1.08. The second-order valence-electron chi connectivity index (χ2n) is 3.73. The Morgan fingerprint density at radius 1 is 1.41 bits per heavy atom. The summed E-state index contributed by atoms with van der Waals surface area (Å²) in [7, 11) is 0. The molecule has 0 radical (unpaired) electrons. The van der Waals surface area contributed by atoms with Gasteiger partial charge in [0.2, 0.25) is 5.91 Å². The van der Waals surface area contributed by atoms with Crippen LogP contribution in [0.3, 0.4) is 0 Å². The third-order valence-corrected chi connectivity index (χ3v) is 2.69. The van der Waals surface area contributed by atoms with Crippen LogP contribution in [0.4, 0.5) is 0 Å². The van der Waals surface area contributed by atoms with Gasteiger partial charge in [-0.2, -0.15) is 0 Å². The molecule has 92 valence electrons. The SMILES string of the molecule is CC(C(=O)NO)C(=O)N1CCC[C@H]1C(=O)O.[NaH]. The predicted molar refractivity (Wildman–Crippen MR) is 58.6 cm³/mol. The summed E-state index contributed by atoms with van der Waals surface area (Å²) in [6.07, 6.45) is 1.00. The van der Waals surface area contributed by atoms with Crippen molar-refractivity contribution in [2.45, 2.75) is 25.8 Å². The van der Waals surface area contributed by atoms with Gasteiger partial charge in [0.25, 0.3) is 5.91 Å². The van der Waals surface area contributed by atoms with Gasteiger partial charge in [-0.15, -0.1) is 0 Å². The van der Waals surface area contributed by atoms with Gasteiger partial charge >= 0.3 is 35.5 Å². The molecule has 0 aromatic heterocycles. The number of hydrogen-bond donors (Lipinski definition) is 3. The van der Waals surface area contributed by atoms with Crippen LogP contribution < -0.4 is 5.48 Å². The first-order valence-electron chi connectivity index (χ1n) is 4.96. The van der Waals surface area contributed by atoms with E-state index in [4.69, 9.17) is 10.3 Å². The first-order valence-corrected chi connectivity index (χ1v) is 4.96. The van der Waals surface area contributed by atoms with E-state index < -0.39 is 29.7 Å². The van der Waals surface area contributed by atoms with Crippen LogP contribution in [0.25, 0.3) is 0 Å². The van der Waals surface area contributed by atoms with Gasteiger partial charge in [-0.05, 0) is 19.8 Å². The Balaban J connectivity index is 0.00000256. The molecule has 8 heteroatoms. The number of hydrogen-bond acceptors (Lipinski definition) is 4. The first-order chi connectivity index (χ1) is 7.49. The van der Waals surface area contributed by atoms with E-state index in [0.717, 1.165) is 0 Å². The molecule has 0 bridgehead atoms. The average molecular weight is 254 g/mol. The Morgan fingerprint density at radius 3 is 2.47 bits per heavy atom. The maximum absolute atomic E-state index is 11.8. The number of carboxylic acids is 1. The standard InChI is InChI=1S/C9H14N2O5.Na.H/c1-5(7(12)10-16)8(13)11-4-2-3-6(11)9(14)15;;/h5-6,16H,2-4H2,1H3,(H,10,12)(H,14,15);;/t5?,6-;;/m0../s1. The number of carbonyl (C=O) groups is 3. The molecule has 7 nitrogen and oxygen atoms in total. The van der Waals surface area contributed by atoms with Crippen LogP contribution in [-0.2, 0) is 14.4 Å². The number of aliphatic carboxylic acids is 1. The normalized spacial score (nSPS) is 20.4. The molecule has 1 unspecified atom stereocenters. The molecule has 0 saturated carbocycles. The van der Waals surface area contributed by atoms with Crippen molar-refractivity contribution in [1.82, 2.24) is 10.4 Å². The second-order valence-corrected chi connectivity index (χ2v) is 3.73. The van der Waals surface area contributed by atoms with E-state index in [-0.39, 0.29) is 29.6 Å². The molecule has 1 aliphatic heterocycles. The van der Waals surface area contributed by atoms with Crippen molar-refractivity contribution in [3.63, 3.8) is 0 Å². The van der Waals surface area contributed by atoms with E-state index in [1.165, 1.54) is 17.3 Å². The summed E-state index contributed by atoms with van der Waals surface area (Å²) in [6, 6.07) is -0.860. The Hall–Kier alpha value is -0.630. The van der Waals surface area contributed by atoms with Crippen LogP contribution in [0.2, 0.25) is 0 Å². The number of hydroxylamine groups is 1. The molecule has 1 rings (SSSR count). The summed E-state index contributed by atoms with van der Waals surface area (Å²) in [5.41, 5.74) is 1.38. The van der Waals surface area contributed by atoms with Gasteiger partial charge in [0.1, 0.15) is 12.0 Å². The van der Waals surface area contributed by atoms with Crippen molar-refractivity contribution < 1.29 is 24.7 Å². The second kappa shape index (κ2) is 6.95. The zero-order chi connectivity index (χ0) is 12.3. The van der Waals surface area contributed by atoms with Crippen molar-refractivity contribution >= 4 is 47.3 Å².